The zero-order chi connectivity index (χ0) is 64.2. The van der Waals surface area contributed by atoms with Crippen LogP contribution in [-0.2, 0) is 38.1 Å². The Morgan fingerprint density at radius 1 is 0.349 bits per heavy atom. The molecule has 0 aliphatic heterocycles. The van der Waals surface area contributed by atoms with Gasteiger partial charge in [-0.2, -0.15) is 0 Å². The summed E-state index contributed by atoms with van der Waals surface area (Å²) < 4.78 is 24.9. The topological polar surface area (TPSA) is 105 Å². The molecular weight excluding hydrogens is 1060 g/mol. The molecule has 0 aromatic rings. The number of carbonyl (C=O) groups excluding carboxylic acids is 4. The third-order valence-corrected chi connectivity index (χ3v) is 26.5. The van der Waals surface area contributed by atoms with E-state index in [2.05, 4.69) is 83.1 Å². The Bertz CT molecular complexity index is 2030. The van der Waals surface area contributed by atoms with Crippen LogP contribution in [0.2, 0.25) is 0 Å². The zero-order valence-corrected chi connectivity index (χ0v) is 60.3. The lowest BCUT2D eigenvalue weighted by molar-refractivity contribution is -0.219. The lowest BCUT2D eigenvalue weighted by Gasteiger charge is -2.63. The van der Waals surface area contributed by atoms with Gasteiger partial charge in [0.1, 0.15) is 22.4 Å². The van der Waals surface area contributed by atoms with Gasteiger partial charge >= 0.3 is 23.9 Å². The van der Waals surface area contributed by atoms with Gasteiger partial charge in [0.2, 0.25) is 0 Å². The molecule has 8 bridgehead atoms. The molecule has 10 aliphatic rings. The predicted molar refractivity (Wildman–Crippen MR) is 358 cm³/mol. The number of esters is 4. The monoisotopic (exact) mass is 1210 g/mol. The maximum atomic E-state index is 12.9. The summed E-state index contributed by atoms with van der Waals surface area (Å²) in [5.74, 6) is 6.92. The van der Waals surface area contributed by atoms with Gasteiger partial charge in [-0.15, -0.1) is 0 Å². The number of ether oxygens (including phenoxy) is 4. The van der Waals surface area contributed by atoms with Crippen LogP contribution < -0.4 is 0 Å². The highest BCUT2D eigenvalue weighted by Gasteiger charge is 2.62. The Labute approximate surface area is 531 Å². The highest BCUT2D eigenvalue weighted by Crippen LogP contribution is 2.66. The molecule has 0 heterocycles. The average molecular weight is 1210 g/mol. The van der Waals surface area contributed by atoms with Crippen molar-refractivity contribution in [1.82, 2.24) is 0 Å². The lowest BCUT2D eigenvalue weighted by atomic mass is 9.44. The maximum absolute atomic E-state index is 12.9. The van der Waals surface area contributed by atoms with Gasteiger partial charge in [0.25, 0.3) is 0 Å². The Balaban J connectivity index is 0.000000210. The van der Waals surface area contributed by atoms with Crippen molar-refractivity contribution in [2.45, 2.75) is 392 Å². The SMILES string of the molecule is CCC(C)(C)C(=O)OC(CC)(CC)C12CC3CC(CC(C3)C1)C2.CCC(C)(C)C(=O)OC(CC)(CC)C1CCCCC1.CCC(CC)(CC12CC3CC(CC(C3)C1)C2)OC(=O)C(C)(C)CC.CCC(CC)(CC1CCCCC1)OC(=O)C(C)(C)CC. The predicted octanol–water partition coefficient (Wildman–Crippen LogP) is 22.5. The van der Waals surface area contributed by atoms with Gasteiger partial charge in [0, 0.05) is 5.41 Å². The third-order valence-electron chi connectivity index (χ3n) is 26.5. The van der Waals surface area contributed by atoms with Crippen molar-refractivity contribution in [3.63, 3.8) is 0 Å². The first-order valence-corrected chi connectivity index (χ1v) is 37.3. The molecule has 0 saturated heterocycles. The average Bonchev–Trinajstić information content (AvgIpc) is 0.764. The van der Waals surface area contributed by atoms with E-state index in [1.165, 1.54) is 141 Å². The summed E-state index contributed by atoms with van der Waals surface area (Å²) in [6.07, 6.45) is 43.1. The molecular formula is C78H140O8. The van der Waals surface area contributed by atoms with Crippen molar-refractivity contribution < 1.29 is 38.1 Å². The fourth-order valence-corrected chi connectivity index (χ4v) is 19.0. The van der Waals surface area contributed by atoms with E-state index < -0.39 is 0 Å². The van der Waals surface area contributed by atoms with Crippen LogP contribution in [0.5, 0.6) is 0 Å². The molecule has 10 saturated carbocycles. The third kappa shape index (κ3) is 17.7. The van der Waals surface area contributed by atoms with Crippen molar-refractivity contribution >= 4 is 23.9 Å². The maximum Gasteiger partial charge on any atom is 0.312 e. The summed E-state index contributed by atoms with van der Waals surface area (Å²) in [7, 11) is 0. The number of hydrogen-bond acceptors (Lipinski definition) is 8. The minimum Gasteiger partial charge on any atom is -0.459 e. The molecule has 500 valence electrons. The molecule has 10 rings (SSSR count). The molecule has 0 atom stereocenters. The molecule has 0 amide bonds. The van der Waals surface area contributed by atoms with Gasteiger partial charge in [-0.3, -0.25) is 19.2 Å². The minimum absolute atomic E-state index is 0.00993. The lowest BCUT2D eigenvalue weighted by Crippen LogP contribution is -2.60. The molecule has 0 aromatic heterocycles. The second-order valence-corrected chi connectivity index (χ2v) is 33.6. The molecule has 8 heteroatoms. The smallest absolute Gasteiger partial charge is 0.312 e. The molecule has 10 aliphatic carbocycles. The van der Waals surface area contributed by atoms with Crippen molar-refractivity contribution in [2.24, 2.45) is 79.8 Å². The van der Waals surface area contributed by atoms with E-state index in [-0.39, 0.29) is 73.4 Å². The number of carbonyl (C=O) groups is 4. The first kappa shape index (κ1) is 74.6. The number of rotatable bonds is 26. The van der Waals surface area contributed by atoms with Gasteiger partial charge in [-0.05, 0) is 288 Å². The van der Waals surface area contributed by atoms with Crippen LogP contribution in [0.1, 0.15) is 370 Å². The summed E-state index contributed by atoms with van der Waals surface area (Å²) in [4.78, 5) is 50.6. The van der Waals surface area contributed by atoms with E-state index in [1.807, 2.05) is 55.4 Å². The molecule has 10 fully saturated rings. The zero-order valence-electron chi connectivity index (χ0n) is 60.3. The van der Waals surface area contributed by atoms with Crippen molar-refractivity contribution in [2.75, 3.05) is 0 Å². The van der Waals surface area contributed by atoms with Crippen LogP contribution in [0.15, 0.2) is 0 Å². The second kappa shape index (κ2) is 31.0. The minimum atomic E-state index is -0.364. The van der Waals surface area contributed by atoms with E-state index >= 15 is 0 Å². The highest BCUT2D eigenvalue weighted by molar-refractivity contribution is 5.77. The second-order valence-electron chi connectivity index (χ2n) is 33.6. The Hall–Kier alpha value is -2.12. The van der Waals surface area contributed by atoms with Crippen molar-refractivity contribution in [1.29, 1.82) is 0 Å². The Kier molecular flexibility index (Phi) is 26.9. The first-order chi connectivity index (χ1) is 40.3. The summed E-state index contributed by atoms with van der Waals surface area (Å²) in [5, 5.41) is 0. The molecule has 0 spiro atoms. The fraction of sp³-hybridized carbons (Fsp3) is 0.949. The van der Waals surface area contributed by atoms with Gasteiger partial charge in [0.15, 0.2) is 0 Å². The number of hydrogen-bond donors (Lipinski definition) is 0. The van der Waals surface area contributed by atoms with Crippen LogP contribution in [0, 0.1) is 79.8 Å². The normalized spacial score (nSPS) is 27.8. The molecule has 0 aromatic carbocycles. The van der Waals surface area contributed by atoms with Crippen LogP contribution in [-0.4, -0.2) is 46.3 Å². The highest BCUT2D eigenvalue weighted by atomic mass is 16.6. The van der Waals surface area contributed by atoms with E-state index in [1.54, 1.807) is 0 Å². The van der Waals surface area contributed by atoms with E-state index in [9.17, 15) is 19.2 Å². The first-order valence-electron chi connectivity index (χ1n) is 37.3. The Morgan fingerprint density at radius 2 is 0.663 bits per heavy atom. The summed E-state index contributed by atoms with van der Waals surface area (Å²) in [6, 6.07) is 0. The van der Waals surface area contributed by atoms with Crippen molar-refractivity contribution in [3.8, 4) is 0 Å². The van der Waals surface area contributed by atoms with Gasteiger partial charge in [-0.1, -0.05) is 134 Å². The van der Waals surface area contributed by atoms with Crippen LogP contribution in [0.3, 0.4) is 0 Å². The summed E-state index contributed by atoms with van der Waals surface area (Å²) in [5.41, 5.74) is -1.62. The van der Waals surface area contributed by atoms with E-state index in [0.29, 0.717) is 11.3 Å². The molecule has 86 heavy (non-hydrogen) atoms. The molecule has 0 unspecified atom stereocenters. The summed E-state index contributed by atoms with van der Waals surface area (Å²) >= 11 is 0. The van der Waals surface area contributed by atoms with Crippen LogP contribution in [0.25, 0.3) is 0 Å². The van der Waals surface area contributed by atoms with Gasteiger partial charge in [0.05, 0.1) is 21.7 Å². The largest absolute Gasteiger partial charge is 0.459 e. The quantitative estimate of drug-likeness (QED) is 0.0623. The van der Waals surface area contributed by atoms with E-state index in [0.717, 1.165) is 131 Å². The van der Waals surface area contributed by atoms with E-state index in [4.69, 9.17) is 18.9 Å². The molecule has 8 nitrogen and oxygen atoms in total. The van der Waals surface area contributed by atoms with Crippen LogP contribution >= 0.6 is 0 Å². The standard InChI is InChI=1S/C22H38O2.C21H36O2.C18H34O2.C17H32O2/c1-6-20(4,5)19(23)24-22(7-2,8-3)15-21-12-16-9-17(13-21)11-18(10-16)14-21;1-6-19(4,5)18(22)23-21(7-2,8-3)20-12-15-9-16(13-20)11-17(10-15)14-20;1-6-17(4,5)16(19)20-18(7-2,8-3)14-15-12-10-9-11-13-15;1-6-16(4,5)15(18)19-17(7-2,8-3)14-12-10-9-11-13-14/h16-18H,6-15H2,1-5H3;15-17H,6-14H2,1-5H3;15H,6-14H2,1-5H3;14H,6-13H2,1-5H3. The van der Waals surface area contributed by atoms with Crippen molar-refractivity contribution in [3.05, 3.63) is 0 Å². The molecule has 0 radical (unpaired) electrons. The fourth-order valence-electron chi connectivity index (χ4n) is 19.0. The Morgan fingerprint density at radius 3 is 0.988 bits per heavy atom. The molecule has 0 N–H and O–H groups in total. The van der Waals surface area contributed by atoms with Gasteiger partial charge in [-0.25, -0.2) is 0 Å². The summed E-state index contributed by atoms with van der Waals surface area (Å²) in [6.45, 7) is 42.0. The van der Waals surface area contributed by atoms with Gasteiger partial charge < -0.3 is 18.9 Å². The van der Waals surface area contributed by atoms with Crippen LogP contribution in [0.4, 0.5) is 0 Å².